The fraction of sp³-hybridized carbons (Fsp3) is 0.0909. The van der Waals surface area contributed by atoms with Crippen molar-refractivity contribution in [3.8, 4) is 0 Å². The van der Waals surface area contributed by atoms with Crippen LogP contribution in [0.4, 0.5) is 0 Å². The van der Waals surface area contributed by atoms with Crippen molar-refractivity contribution in [3.05, 3.63) is 53.8 Å². The maximum absolute atomic E-state index is 11.2. The van der Waals surface area contributed by atoms with Crippen LogP contribution >= 0.6 is 0 Å². The average molecular weight is 234 g/mol. The summed E-state index contributed by atoms with van der Waals surface area (Å²) in [4.78, 5) is 44.7. The van der Waals surface area contributed by atoms with Gasteiger partial charge in [0.25, 0.3) is 0 Å². The summed E-state index contributed by atoms with van der Waals surface area (Å²) in [5.74, 6) is 0. The van der Waals surface area contributed by atoms with Crippen LogP contribution in [0.5, 0.6) is 0 Å². The van der Waals surface area contributed by atoms with E-state index in [1.165, 1.54) is 0 Å². The summed E-state index contributed by atoms with van der Waals surface area (Å²) >= 11 is 0. The first-order valence-electron chi connectivity index (χ1n) is 4.29. The monoisotopic (exact) mass is 234 g/mol. The van der Waals surface area contributed by atoms with Crippen molar-refractivity contribution < 1.29 is 8.83 Å². The van der Waals surface area contributed by atoms with Gasteiger partial charge in [-0.2, -0.15) is 0 Å². The van der Waals surface area contributed by atoms with E-state index in [-0.39, 0.29) is 29.0 Å². The van der Waals surface area contributed by atoms with E-state index in [9.17, 15) is 19.2 Å². The van der Waals surface area contributed by atoms with Crippen molar-refractivity contribution in [1.82, 2.24) is 0 Å². The fourth-order valence-corrected chi connectivity index (χ4v) is 1.66. The summed E-state index contributed by atoms with van der Waals surface area (Å²) in [5, 5.41) is -0.0726. The zero-order valence-corrected chi connectivity index (χ0v) is 7.60. The van der Waals surface area contributed by atoms with E-state index >= 15 is 0 Å². The van der Waals surface area contributed by atoms with E-state index in [2.05, 4.69) is 8.83 Å². The maximum Gasteiger partial charge on any atom is 0.346 e. The molecule has 2 aromatic heterocycles. The molecule has 0 aliphatic rings. The van der Waals surface area contributed by atoms with Crippen LogP contribution in [-0.4, -0.2) is 0 Å². The normalized spacial score (nSPS) is 10.8. The summed E-state index contributed by atoms with van der Waals surface area (Å²) in [6.45, 7) is 0. The van der Waals surface area contributed by atoms with Gasteiger partial charge in [-0.15, -0.1) is 0 Å². The highest BCUT2D eigenvalue weighted by Crippen LogP contribution is 2.13. The van der Waals surface area contributed by atoms with Crippen molar-refractivity contribution in [2.75, 3.05) is 0 Å². The summed E-state index contributed by atoms with van der Waals surface area (Å²) in [5.41, 5.74) is -3.30. The van der Waals surface area contributed by atoms with Gasteiger partial charge >= 0.3 is 22.5 Å². The molecule has 6 nitrogen and oxygen atoms in total. The Labute approximate surface area is 92.4 Å². The largest absolute Gasteiger partial charge is 0.386 e. The van der Waals surface area contributed by atoms with Gasteiger partial charge in [-0.3, -0.25) is 0 Å². The number of furan rings is 2. The predicted octanol–water partition coefficient (Wildman–Crippen LogP) is 0.131. The van der Waals surface area contributed by atoms with Gasteiger partial charge in [0.15, 0.2) is 0 Å². The number of fused-ring (bicyclic) bond motifs is 2. The van der Waals surface area contributed by atoms with Crippen LogP contribution in [-0.2, 0) is 0 Å². The smallest absolute Gasteiger partial charge is 0.346 e. The minimum Gasteiger partial charge on any atom is -0.386 e. The number of rotatable bonds is 0. The maximum atomic E-state index is 11.2. The Morgan fingerprint density at radius 2 is 0.824 bits per heavy atom. The first-order valence-corrected chi connectivity index (χ1v) is 4.29. The average Bonchev–Trinajstić information content (AvgIpc) is 2.67. The van der Waals surface area contributed by atoms with E-state index in [1.54, 1.807) is 0 Å². The molecule has 0 spiro atoms. The van der Waals surface area contributed by atoms with Gasteiger partial charge < -0.3 is 8.83 Å². The van der Waals surface area contributed by atoms with Gasteiger partial charge in [0.2, 0.25) is 0 Å². The second kappa shape index (κ2) is 3.24. The lowest BCUT2D eigenvalue weighted by Gasteiger charge is -1.84. The van der Waals surface area contributed by atoms with Crippen LogP contribution in [0.3, 0.4) is 0 Å². The lowest BCUT2D eigenvalue weighted by atomic mass is 10.1. The molecular weight excluding hydrogens is 228 g/mol. The Morgan fingerprint density at radius 1 is 0.588 bits per heavy atom. The first kappa shape index (κ1) is 11.0. The number of hydrogen-bond donors (Lipinski definition) is 0. The first-order chi connectivity index (χ1) is 7.58. The van der Waals surface area contributed by atoms with Gasteiger partial charge in [0.1, 0.15) is 0 Å². The fourth-order valence-electron chi connectivity index (χ4n) is 1.66. The third-order valence-electron chi connectivity index (χ3n) is 2.41. The Kier molecular flexibility index (Phi) is 2.10. The Bertz CT molecular complexity index is 770. The molecule has 0 N–H and O–H groups in total. The minimum atomic E-state index is -0.824. The minimum absolute atomic E-state index is 0. The van der Waals surface area contributed by atoms with Crippen LogP contribution in [0.15, 0.2) is 40.1 Å². The van der Waals surface area contributed by atoms with Gasteiger partial charge in [-0.1, -0.05) is 7.43 Å². The standard InChI is InChI=1S/C10H2O6.CH4/c11-7-3-1-4-6(10(14)16-8(4)12)2-5(3)9(13)15-7;/h1-2H;1H4. The van der Waals surface area contributed by atoms with Crippen molar-refractivity contribution in [2.24, 2.45) is 0 Å². The third-order valence-corrected chi connectivity index (χ3v) is 2.41. The van der Waals surface area contributed by atoms with Crippen LogP contribution in [0.1, 0.15) is 7.43 Å². The molecule has 0 fully saturated rings. The molecule has 0 atom stereocenters. The highest BCUT2D eigenvalue weighted by atomic mass is 16.4. The van der Waals surface area contributed by atoms with Crippen molar-refractivity contribution in [1.29, 1.82) is 0 Å². The van der Waals surface area contributed by atoms with Crippen LogP contribution in [0.2, 0.25) is 0 Å². The molecule has 0 aliphatic carbocycles. The summed E-state index contributed by atoms with van der Waals surface area (Å²) < 4.78 is 8.68. The Balaban J connectivity index is 0.00000108. The van der Waals surface area contributed by atoms with Crippen LogP contribution < -0.4 is 22.5 Å². The molecular formula is C11H6O6. The van der Waals surface area contributed by atoms with Crippen molar-refractivity contribution >= 4 is 21.5 Å². The summed E-state index contributed by atoms with van der Waals surface area (Å²) in [7, 11) is 0. The molecule has 86 valence electrons. The van der Waals surface area contributed by atoms with E-state index in [1.807, 2.05) is 0 Å². The van der Waals surface area contributed by atoms with Gasteiger partial charge in [0.05, 0.1) is 21.5 Å². The topological polar surface area (TPSA) is 94.6 Å². The van der Waals surface area contributed by atoms with Crippen LogP contribution in [0.25, 0.3) is 21.5 Å². The molecule has 3 aromatic rings. The Morgan fingerprint density at radius 3 is 1.06 bits per heavy atom. The molecule has 0 saturated heterocycles. The lowest BCUT2D eigenvalue weighted by Crippen LogP contribution is -1.96. The molecule has 0 radical (unpaired) electrons. The van der Waals surface area contributed by atoms with Crippen molar-refractivity contribution in [3.63, 3.8) is 0 Å². The lowest BCUT2D eigenvalue weighted by molar-refractivity contribution is 0.498. The second-order valence-corrected chi connectivity index (χ2v) is 3.30. The molecule has 0 saturated carbocycles. The van der Waals surface area contributed by atoms with Crippen LogP contribution in [0, 0.1) is 0 Å². The SMILES string of the molecule is C.O=c1oc(=O)c2cc3c(=O)oc(=O)c3cc12. The predicted molar refractivity (Wildman–Crippen MR) is 60.2 cm³/mol. The Hall–Kier alpha value is -2.50. The zero-order valence-electron chi connectivity index (χ0n) is 7.60. The third kappa shape index (κ3) is 1.27. The quantitative estimate of drug-likeness (QED) is 0.548. The number of hydrogen-bond acceptors (Lipinski definition) is 6. The molecule has 6 heteroatoms. The van der Waals surface area contributed by atoms with E-state index in [0.717, 1.165) is 12.1 Å². The molecule has 17 heavy (non-hydrogen) atoms. The molecule has 3 rings (SSSR count). The van der Waals surface area contributed by atoms with E-state index in [0.29, 0.717) is 0 Å². The second-order valence-electron chi connectivity index (χ2n) is 3.30. The van der Waals surface area contributed by atoms with Gasteiger partial charge in [0, 0.05) is 0 Å². The highest BCUT2D eigenvalue weighted by molar-refractivity contribution is 5.96. The molecule has 1 aromatic carbocycles. The number of benzene rings is 1. The molecule has 0 aliphatic heterocycles. The molecule has 0 unspecified atom stereocenters. The zero-order chi connectivity index (χ0) is 11.4. The van der Waals surface area contributed by atoms with Crippen molar-refractivity contribution in [2.45, 2.75) is 7.43 Å². The van der Waals surface area contributed by atoms with E-state index < -0.39 is 22.5 Å². The molecule has 0 bridgehead atoms. The summed E-state index contributed by atoms with van der Waals surface area (Å²) in [6.07, 6.45) is 0. The highest BCUT2D eigenvalue weighted by Gasteiger charge is 2.15. The van der Waals surface area contributed by atoms with Gasteiger partial charge in [-0.25, -0.2) is 19.2 Å². The van der Waals surface area contributed by atoms with Gasteiger partial charge in [-0.05, 0) is 12.1 Å². The molecule has 2 heterocycles. The van der Waals surface area contributed by atoms with E-state index in [4.69, 9.17) is 0 Å². The summed E-state index contributed by atoms with van der Waals surface area (Å²) in [6, 6.07) is 2.29. The molecule has 0 amide bonds.